The molecule has 1 saturated carbocycles. The average Bonchev–Trinajstić information content (AvgIpc) is 2.42. The molecule has 1 fully saturated rings. The van der Waals surface area contributed by atoms with Crippen LogP contribution in [0.2, 0.25) is 0 Å². The molecule has 2 rings (SSSR count). The van der Waals surface area contributed by atoms with E-state index < -0.39 is 0 Å². The van der Waals surface area contributed by atoms with Gasteiger partial charge in [0.05, 0.1) is 0 Å². The Bertz CT molecular complexity index is 336. The summed E-state index contributed by atoms with van der Waals surface area (Å²) in [4.78, 5) is 0. The van der Waals surface area contributed by atoms with Crippen LogP contribution in [0.1, 0.15) is 49.8 Å². The van der Waals surface area contributed by atoms with Crippen molar-refractivity contribution < 1.29 is 4.42 Å². The summed E-state index contributed by atoms with van der Waals surface area (Å²) in [5.41, 5.74) is 1.31. The molecule has 1 aliphatic carbocycles. The summed E-state index contributed by atoms with van der Waals surface area (Å²) in [5.74, 6) is 2.97. The summed E-state index contributed by atoms with van der Waals surface area (Å²) in [7, 11) is 0. The molecule has 84 valence electrons. The second-order valence-electron chi connectivity index (χ2n) is 5.03. The normalized spacial score (nSPS) is 27.5. The number of hydrogen-bond acceptors (Lipinski definition) is 2. The molecule has 15 heavy (non-hydrogen) atoms. The van der Waals surface area contributed by atoms with E-state index in [2.05, 4.69) is 25.2 Å². The van der Waals surface area contributed by atoms with Crippen LogP contribution in [0.15, 0.2) is 10.5 Å². The standard InChI is InChI=1S/C13H21NO/c1-8-5-12(6-8)14-10(3)13-7-9(2)15-11(13)4/h7-8,10,12,14H,5-6H2,1-4H3. The molecule has 1 unspecified atom stereocenters. The van der Waals surface area contributed by atoms with Gasteiger partial charge in [0.25, 0.3) is 0 Å². The van der Waals surface area contributed by atoms with Crippen LogP contribution in [0.5, 0.6) is 0 Å². The van der Waals surface area contributed by atoms with Gasteiger partial charge in [-0.3, -0.25) is 0 Å². The van der Waals surface area contributed by atoms with Gasteiger partial charge in [-0.2, -0.15) is 0 Å². The number of furan rings is 1. The highest BCUT2D eigenvalue weighted by molar-refractivity contribution is 5.23. The van der Waals surface area contributed by atoms with Gasteiger partial charge in [0.2, 0.25) is 0 Å². The van der Waals surface area contributed by atoms with Crippen molar-refractivity contribution in [1.82, 2.24) is 5.32 Å². The van der Waals surface area contributed by atoms with Crippen LogP contribution in [-0.4, -0.2) is 6.04 Å². The first-order valence-corrected chi connectivity index (χ1v) is 5.89. The number of hydrogen-bond donors (Lipinski definition) is 1. The molecular weight excluding hydrogens is 186 g/mol. The van der Waals surface area contributed by atoms with Gasteiger partial charge in [-0.05, 0) is 45.6 Å². The third-order valence-electron chi connectivity index (χ3n) is 3.41. The van der Waals surface area contributed by atoms with Gasteiger partial charge in [0.1, 0.15) is 11.5 Å². The lowest BCUT2D eigenvalue weighted by molar-refractivity contribution is 0.226. The summed E-state index contributed by atoms with van der Waals surface area (Å²) >= 11 is 0. The lowest BCUT2D eigenvalue weighted by atomic mass is 9.81. The van der Waals surface area contributed by atoms with Gasteiger partial charge in [-0.1, -0.05) is 6.92 Å². The van der Waals surface area contributed by atoms with Crippen LogP contribution >= 0.6 is 0 Å². The zero-order valence-electron chi connectivity index (χ0n) is 10.1. The Morgan fingerprint density at radius 3 is 2.53 bits per heavy atom. The van der Waals surface area contributed by atoms with Crippen molar-refractivity contribution in [3.63, 3.8) is 0 Å². The molecule has 0 amide bonds. The van der Waals surface area contributed by atoms with Crippen molar-refractivity contribution in [1.29, 1.82) is 0 Å². The van der Waals surface area contributed by atoms with Crippen molar-refractivity contribution in [2.45, 2.75) is 52.6 Å². The first kappa shape index (κ1) is 10.7. The van der Waals surface area contributed by atoms with Crippen LogP contribution in [0, 0.1) is 19.8 Å². The van der Waals surface area contributed by atoms with Crippen LogP contribution in [0.25, 0.3) is 0 Å². The maximum atomic E-state index is 5.55. The quantitative estimate of drug-likeness (QED) is 0.822. The zero-order valence-corrected chi connectivity index (χ0v) is 10.1. The van der Waals surface area contributed by atoms with Crippen LogP contribution < -0.4 is 5.32 Å². The lowest BCUT2D eigenvalue weighted by Crippen LogP contribution is -2.41. The van der Waals surface area contributed by atoms with Crippen molar-refractivity contribution in [3.8, 4) is 0 Å². The molecule has 1 N–H and O–H groups in total. The first-order valence-electron chi connectivity index (χ1n) is 5.89. The highest BCUT2D eigenvalue weighted by Crippen LogP contribution is 2.30. The molecule has 1 heterocycles. The Morgan fingerprint density at radius 2 is 2.07 bits per heavy atom. The fourth-order valence-electron chi connectivity index (χ4n) is 2.56. The monoisotopic (exact) mass is 207 g/mol. The Morgan fingerprint density at radius 1 is 1.40 bits per heavy atom. The predicted molar refractivity (Wildman–Crippen MR) is 61.9 cm³/mol. The second kappa shape index (κ2) is 4.01. The third-order valence-corrected chi connectivity index (χ3v) is 3.41. The third kappa shape index (κ3) is 2.25. The molecule has 0 aliphatic heterocycles. The summed E-state index contributed by atoms with van der Waals surface area (Å²) < 4.78 is 5.55. The minimum absolute atomic E-state index is 0.417. The topological polar surface area (TPSA) is 25.2 Å². The van der Waals surface area contributed by atoms with Gasteiger partial charge in [0, 0.05) is 17.6 Å². The smallest absolute Gasteiger partial charge is 0.105 e. The largest absolute Gasteiger partial charge is 0.466 e. The van der Waals surface area contributed by atoms with Gasteiger partial charge in [-0.15, -0.1) is 0 Å². The molecule has 1 aliphatic rings. The van der Waals surface area contributed by atoms with E-state index in [9.17, 15) is 0 Å². The van der Waals surface area contributed by atoms with Crippen molar-refractivity contribution >= 4 is 0 Å². The van der Waals surface area contributed by atoms with Gasteiger partial charge >= 0.3 is 0 Å². The van der Waals surface area contributed by atoms with E-state index in [1.165, 1.54) is 18.4 Å². The second-order valence-corrected chi connectivity index (χ2v) is 5.03. The van der Waals surface area contributed by atoms with Crippen molar-refractivity contribution in [2.24, 2.45) is 5.92 Å². The molecule has 1 atom stereocenters. The predicted octanol–water partition coefficient (Wildman–Crippen LogP) is 3.35. The fourth-order valence-corrected chi connectivity index (χ4v) is 2.56. The maximum Gasteiger partial charge on any atom is 0.105 e. The highest BCUT2D eigenvalue weighted by Gasteiger charge is 2.27. The average molecular weight is 207 g/mol. The molecule has 2 nitrogen and oxygen atoms in total. The zero-order chi connectivity index (χ0) is 11.0. The Labute approximate surface area is 92.1 Å². The van der Waals surface area contributed by atoms with E-state index in [4.69, 9.17) is 4.42 Å². The maximum absolute atomic E-state index is 5.55. The minimum atomic E-state index is 0.417. The minimum Gasteiger partial charge on any atom is -0.466 e. The molecule has 1 aromatic rings. The van der Waals surface area contributed by atoms with Crippen LogP contribution in [0.3, 0.4) is 0 Å². The van der Waals surface area contributed by atoms with E-state index in [0.29, 0.717) is 12.1 Å². The highest BCUT2D eigenvalue weighted by atomic mass is 16.3. The summed E-state index contributed by atoms with van der Waals surface area (Å²) in [6.45, 7) is 8.59. The molecule has 0 spiro atoms. The van der Waals surface area contributed by atoms with Gasteiger partial charge in [0.15, 0.2) is 0 Å². The fraction of sp³-hybridized carbons (Fsp3) is 0.692. The molecular formula is C13H21NO. The number of aryl methyl sites for hydroxylation is 2. The van der Waals surface area contributed by atoms with E-state index in [-0.39, 0.29) is 0 Å². The van der Waals surface area contributed by atoms with E-state index in [0.717, 1.165) is 17.4 Å². The van der Waals surface area contributed by atoms with E-state index in [1.807, 2.05) is 13.8 Å². The van der Waals surface area contributed by atoms with E-state index >= 15 is 0 Å². The Hall–Kier alpha value is -0.760. The summed E-state index contributed by atoms with van der Waals surface area (Å²) in [5, 5.41) is 3.66. The Kier molecular flexibility index (Phi) is 2.87. The summed E-state index contributed by atoms with van der Waals surface area (Å²) in [6, 6.07) is 3.28. The Balaban J connectivity index is 1.95. The SMILES string of the molecule is Cc1cc(C(C)NC2CC(C)C2)c(C)o1. The molecule has 1 aromatic heterocycles. The summed E-state index contributed by atoms with van der Waals surface area (Å²) in [6.07, 6.45) is 2.64. The van der Waals surface area contributed by atoms with E-state index in [1.54, 1.807) is 0 Å². The molecule has 0 bridgehead atoms. The molecule has 0 saturated heterocycles. The van der Waals surface area contributed by atoms with Crippen molar-refractivity contribution in [2.75, 3.05) is 0 Å². The molecule has 2 heteroatoms. The van der Waals surface area contributed by atoms with Gasteiger partial charge < -0.3 is 9.73 Å². The van der Waals surface area contributed by atoms with Crippen LogP contribution in [-0.2, 0) is 0 Å². The van der Waals surface area contributed by atoms with Crippen molar-refractivity contribution in [3.05, 3.63) is 23.2 Å². The first-order chi connectivity index (χ1) is 7.06. The molecule has 0 aromatic carbocycles. The lowest BCUT2D eigenvalue weighted by Gasteiger charge is -2.35. The number of nitrogens with one attached hydrogen (secondary N) is 1. The molecule has 0 radical (unpaired) electrons. The number of rotatable bonds is 3. The van der Waals surface area contributed by atoms with Gasteiger partial charge in [-0.25, -0.2) is 0 Å². The van der Waals surface area contributed by atoms with Crippen LogP contribution in [0.4, 0.5) is 0 Å².